The van der Waals surface area contributed by atoms with Crippen molar-refractivity contribution in [2.75, 3.05) is 25.6 Å². The van der Waals surface area contributed by atoms with Crippen molar-refractivity contribution in [1.29, 1.82) is 0 Å². The number of nitrogens with zero attached hydrogens (tertiary/aromatic N) is 3. The van der Waals surface area contributed by atoms with Crippen LogP contribution in [0.3, 0.4) is 0 Å². The fraction of sp³-hybridized carbons (Fsp3) is 0.520. The van der Waals surface area contributed by atoms with Gasteiger partial charge in [-0.15, -0.1) is 0 Å². The minimum atomic E-state index is -3.87. The monoisotopic (exact) mass is 595 g/mol. The summed E-state index contributed by atoms with van der Waals surface area (Å²) in [5.74, 6) is 0.208. The third-order valence-corrected chi connectivity index (χ3v) is 9.13. The molecule has 2 aromatic heterocycles. The first-order chi connectivity index (χ1) is 18.9. The average molecular weight is 596 g/mol. The van der Waals surface area contributed by atoms with Gasteiger partial charge < -0.3 is 19.9 Å². The van der Waals surface area contributed by atoms with E-state index in [2.05, 4.69) is 20.0 Å². The molecule has 0 amide bonds. The first-order valence-electron chi connectivity index (χ1n) is 12.7. The maximum Gasteiger partial charge on any atom is 0.405 e. The lowest BCUT2D eigenvalue weighted by Gasteiger charge is -2.24. The molecule has 40 heavy (non-hydrogen) atoms. The number of rotatable bonds is 13. The summed E-state index contributed by atoms with van der Waals surface area (Å²) in [6.45, 7) is 4.57. The van der Waals surface area contributed by atoms with Gasteiger partial charge in [-0.2, -0.15) is 0 Å². The molecule has 1 saturated heterocycles. The number of H-pyrrole nitrogens is 1. The number of carbonyl (C=O) groups excluding carboxylic acids is 1. The first-order valence-corrected chi connectivity index (χ1v) is 15.2. The number of aromatic amines is 1. The van der Waals surface area contributed by atoms with Gasteiger partial charge in [-0.3, -0.25) is 23.2 Å². The summed E-state index contributed by atoms with van der Waals surface area (Å²) in [6, 6.07) is 9.30. The van der Waals surface area contributed by atoms with Crippen molar-refractivity contribution < 1.29 is 33.4 Å². The highest BCUT2D eigenvalue weighted by Gasteiger charge is 2.46. The normalized spacial score (nSPS) is 22.9. The minimum Gasteiger partial charge on any atom is -0.395 e. The standard InChI is InChI=1S/C25H34N5O8PS/c1-24(2,14-31)23(33)40-10-9-36-39(35,29-12-17-7-5-4-6-8-17)37-13-18-11-25(3,34)22(38-18)30-16-28-19-20(30)26-15-27-21(19)32/h4-8,15-16,18,22,31,34H,9-14H2,1-3H3,(H,29,35)(H,26,27,32)/t18-,22+,25+,39?/m0/s1. The maximum atomic E-state index is 13.7. The zero-order chi connectivity index (χ0) is 29.0. The van der Waals surface area contributed by atoms with Gasteiger partial charge in [0.25, 0.3) is 5.56 Å². The molecule has 4 atom stereocenters. The van der Waals surface area contributed by atoms with E-state index in [4.69, 9.17) is 13.8 Å². The van der Waals surface area contributed by atoms with E-state index in [0.717, 1.165) is 17.3 Å². The Labute approximate surface area is 235 Å². The van der Waals surface area contributed by atoms with Crippen LogP contribution in [0.25, 0.3) is 11.2 Å². The second kappa shape index (κ2) is 12.6. The number of ether oxygens (including phenoxy) is 1. The van der Waals surface area contributed by atoms with Crippen molar-refractivity contribution in [3.05, 3.63) is 58.9 Å². The molecule has 0 saturated carbocycles. The maximum absolute atomic E-state index is 13.7. The summed E-state index contributed by atoms with van der Waals surface area (Å²) < 4.78 is 32.6. The van der Waals surface area contributed by atoms with E-state index < -0.39 is 36.7 Å². The van der Waals surface area contributed by atoms with Gasteiger partial charge in [-0.05, 0) is 26.3 Å². The summed E-state index contributed by atoms with van der Waals surface area (Å²) in [7, 11) is -3.87. The number of thioether (sulfide) groups is 1. The zero-order valence-electron chi connectivity index (χ0n) is 22.5. The molecular formula is C25H34N5O8PS. The molecule has 1 fully saturated rings. The molecule has 0 spiro atoms. The predicted molar refractivity (Wildman–Crippen MR) is 148 cm³/mol. The van der Waals surface area contributed by atoms with E-state index in [1.807, 2.05) is 30.3 Å². The van der Waals surface area contributed by atoms with Crippen LogP contribution in [0.4, 0.5) is 0 Å². The Bertz CT molecular complexity index is 1410. The molecule has 13 nitrogen and oxygen atoms in total. The van der Waals surface area contributed by atoms with Crippen LogP contribution in [0.15, 0.2) is 47.8 Å². The van der Waals surface area contributed by atoms with Crippen LogP contribution in [-0.2, 0) is 29.7 Å². The van der Waals surface area contributed by atoms with Crippen LogP contribution >= 0.6 is 19.5 Å². The van der Waals surface area contributed by atoms with Gasteiger partial charge in [0.15, 0.2) is 22.5 Å². The number of hydrogen-bond donors (Lipinski definition) is 4. The summed E-state index contributed by atoms with van der Waals surface area (Å²) in [6.07, 6.45) is 1.17. The summed E-state index contributed by atoms with van der Waals surface area (Å²) >= 11 is 0.982. The van der Waals surface area contributed by atoms with Crippen LogP contribution in [0, 0.1) is 5.41 Å². The molecule has 1 aliphatic heterocycles. The number of carbonyl (C=O) groups is 1. The van der Waals surface area contributed by atoms with Crippen molar-refractivity contribution in [2.45, 2.75) is 51.7 Å². The molecule has 1 unspecified atom stereocenters. The second-order valence-electron chi connectivity index (χ2n) is 10.4. The first kappa shape index (κ1) is 30.5. The van der Waals surface area contributed by atoms with Gasteiger partial charge in [0.05, 0.1) is 44.0 Å². The highest BCUT2D eigenvalue weighted by atomic mass is 32.2. The molecule has 1 aromatic carbocycles. The van der Waals surface area contributed by atoms with E-state index in [0.29, 0.717) is 0 Å². The van der Waals surface area contributed by atoms with Crippen LogP contribution in [0.2, 0.25) is 0 Å². The van der Waals surface area contributed by atoms with Crippen LogP contribution < -0.4 is 10.6 Å². The Hall–Kier alpha value is -2.42. The van der Waals surface area contributed by atoms with Gasteiger partial charge in [-0.1, -0.05) is 42.1 Å². The number of aromatic nitrogens is 4. The summed E-state index contributed by atoms with van der Waals surface area (Å²) in [5.41, 5.74) is -1.45. The fourth-order valence-corrected chi connectivity index (χ4v) is 6.34. The summed E-state index contributed by atoms with van der Waals surface area (Å²) in [5, 5.41) is 23.1. The third kappa shape index (κ3) is 7.25. The number of nitrogens with one attached hydrogen (secondary N) is 2. The molecule has 0 radical (unpaired) electrons. The van der Waals surface area contributed by atoms with E-state index in [-0.39, 0.29) is 54.8 Å². The molecule has 1 aliphatic rings. The van der Waals surface area contributed by atoms with Crippen molar-refractivity contribution in [2.24, 2.45) is 5.41 Å². The SMILES string of the molecule is CC(C)(CO)C(=O)SCCOP(=O)(NCc1ccccc1)OC[C@@H]1C[C@@](C)(O)[C@H](n2cnc3c(=O)[nH]cnc32)O1. The molecular weight excluding hydrogens is 561 g/mol. The van der Waals surface area contributed by atoms with Gasteiger partial charge in [0.1, 0.15) is 5.60 Å². The fourth-order valence-electron chi connectivity index (χ4n) is 4.08. The second-order valence-corrected chi connectivity index (χ2v) is 13.2. The lowest BCUT2D eigenvalue weighted by Crippen LogP contribution is -2.32. The number of fused-ring (bicyclic) bond motifs is 1. The van der Waals surface area contributed by atoms with Crippen molar-refractivity contribution in [1.82, 2.24) is 24.6 Å². The molecule has 3 aromatic rings. The van der Waals surface area contributed by atoms with Crippen molar-refractivity contribution >= 4 is 35.8 Å². The molecule has 4 rings (SSSR count). The van der Waals surface area contributed by atoms with Crippen molar-refractivity contribution in [3.63, 3.8) is 0 Å². The Morgan fingerprint density at radius 2 is 2.08 bits per heavy atom. The number of aliphatic hydroxyl groups excluding tert-OH is 1. The Kier molecular flexibility index (Phi) is 9.63. The molecule has 218 valence electrons. The lowest BCUT2D eigenvalue weighted by atomic mass is 9.97. The average Bonchev–Trinajstić information content (AvgIpc) is 3.49. The quantitative estimate of drug-likeness (QED) is 0.168. The van der Waals surface area contributed by atoms with Crippen LogP contribution in [0.1, 0.15) is 39.0 Å². The molecule has 3 heterocycles. The zero-order valence-corrected chi connectivity index (χ0v) is 24.2. The third-order valence-electron chi connectivity index (χ3n) is 6.39. The number of benzene rings is 1. The highest BCUT2D eigenvalue weighted by molar-refractivity contribution is 8.13. The minimum absolute atomic E-state index is 0.0515. The Morgan fingerprint density at radius 1 is 1.32 bits per heavy atom. The van der Waals surface area contributed by atoms with Gasteiger partial charge in [-0.25, -0.2) is 19.6 Å². The predicted octanol–water partition coefficient (Wildman–Crippen LogP) is 2.37. The molecule has 4 N–H and O–H groups in total. The van der Waals surface area contributed by atoms with Crippen LogP contribution in [0.5, 0.6) is 0 Å². The molecule has 15 heteroatoms. The lowest BCUT2D eigenvalue weighted by molar-refractivity contribution is -0.119. The molecule has 0 bridgehead atoms. The van der Waals surface area contributed by atoms with Crippen molar-refractivity contribution in [3.8, 4) is 0 Å². The van der Waals surface area contributed by atoms with Crippen LogP contribution in [-0.4, -0.2) is 72.1 Å². The van der Waals surface area contributed by atoms with Gasteiger partial charge >= 0.3 is 7.75 Å². The van der Waals surface area contributed by atoms with E-state index in [1.165, 1.54) is 17.2 Å². The number of hydrogen-bond acceptors (Lipinski definition) is 11. The topological polar surface area (TPSA) is 178 Å². The Balaban J connectivity index is 1.41. The Morgan fingerprint density at radius 3 is 2.80 bits per heavy atom. The molecule has 0 aliphatic carbocycles. The summed E-state index contributed by atoms with van der Waals surface area (Å²) in [4.78, 5) is 35.0. The van der Waals surface area contributed by atoms with Gasteiger partial charge in [0.2, 0.25) is 0 Å². The van der Waals surface area contributed by atoms with E-state index in [1.54, 1.807) is 20.8 Å². The number of aliphatic hydroxyl groups is 2. The van der Waals surface area contributed by atoms with E-state index in [9.17, 15) is 24.4 Å². The van der Waals surface area contributed by atoms with E-state index >= 15 is 0 Å². The number of imidazole rings is 1. The largest absolute Gasteiger partial charge is 0.405 e. The smallest absolute Gasteiger partial charge is 0.395 e. The highest BCUT2D eigenvalue weighted by Crippen LogP contribution is 2.46. The van der Waals surface area contributed by atoms with Gasteiger partial charge in [0, 0.05) is 18.7 Å².